The summed E-state index contributed by atoms with van der Waals surface area (Å²) in [6.45, 7) is 0.502. The molecule has 0 heterocycles. The third-order valence-corrected chi connectivity index (χ3v) is 3.77. The lowest BCUT2D eigenvalue weighted by molar-refractivity contribution is 0.139. The molecule has 0 radical (unpaired) electrons. The summed E-state index contributed by atoms with van der Waals surface area (Å²) in [5, 5.41) is 10.1. The second kappa shape index (κ2) is 8.05. The van der Waals surface area contributed by atoms with E-state index in [0.717, 1.165) is 21.5 Å². The van der Waals surface area contributed by atoms with Gasteiger partial charge in [0.1, 0.15) is 11.5 Å². The Morgan fingerprint density at radius 2 is 1.90 bits per heavy atom. The Balaban J connectivity index is 1.79. The highest BCUT2D eigenvalue weighted by atomic mass is 79.9. The van der Waals surface area contributed by atoms with E-state index in [1.807, 2.05) is 48.5 Å². The van der Waals surface area contributed by atoms with Crippen LogP contribution in [0.4, 0.5) is 0 Å². The molecule has 2 aromatic carbocycles. The summed E-state index contributed by atoms with van der Waals surface area (Å²) in [6.07, 6.45) is 0.772. The molecular weight excluding hydrogens is 332 g/mol. The summed E-state index contributed by atoms with van der Waals surface area (Å²) in [4.78, 5) is 0. The largest absolute Gasteiger partial charge is 0.496 e. The normalized spacial score (nSPS) is 12.0. The number of aliphatic hydroxyl groups excluding tert-OH is 1. The van der Waals surface area contributed by atoms with Crippen molar-refractivity contribution >= 4 is 15.9 Å². The van der Waals surface area contributed by atoms with Gasteiger partial charge in [-0.2, -0.15) is 0 Å². The second-order valence-electron chi connectivity index (χ2n) is 4.78. The molecule has 3 nitrogen and oxygen atoms in total. The fraction of sp³-hybridized carbons (Fsp3) is 0.294. The SMILES string of the molecule is COc1ccc(CC(O)CCOc2ccccc2)cc1Br. The molecule has 0 aliphatic heterocycles. The average Bonchev–Trinajstić information content (AvgIpc) is 2.48. The number of methoxy groups -OCH3 is 1. The number of hydrogen-bond donors (Lipinski definition) is 1. The van der Waals surface area contributed by atoms with Gasteiger partial charge in [0.05, 0.1) is 24.3 Å². The summed E-state index contributed by atoms with van der Waals surface area (Å²) in [6, 6.07) is 15.5. The van der Waals surface area contributed by atoms with Crippen LogP contribution in [0.25, 0.3) is 0 Å². The second-order valence-corrected chi connectivity index (χ2v) is 5.63. The van der Waals surface area contributed by atoms with Crippen molar-refractivity contribution < 1.29 is 14.6 Å². The summed E-state index contributed by atoms with van der Waals surface area (Å²) >= 11 is 3.45. The Hall–Kier alpha value is -1.52. The Bertz CT molecular complexity index is 557. The van der Waals surface area contributed by atoms with Crippen molar-refractivity contribution in [2.75, 3.05) is 13.7 Å². The van der Waals surface area contributed by atoms with Crippen molar-refractivity contribution in [2.45, 2.75) is 18.9 Å². The zero-order valence-corrected chi connectivity index (χ0v) is 13.5. The minimum atomic E-state index is -0.422. The van der Waals surface area contributed by atoms with Crippen LogP contribution < -0.4 is 9.47 Å². The number of hydrogen-bond acceptors (Lipinski definition) is 3. The molecule has 1 atom stereocenters. The van der Waals surface area contributed by atoms with E-state index < -0.39 is 6.10 Å². The monoisotopic (exact) mass is 350 g/mol. The third kappa shape index (κ3) is 5.06. The lowest BCUT2D eigenvalue weighted by atomic mass is 10.1. The highest BCUT2D eigenvalue weighted by Crippen LogP contribution is 2.26. The first-order valence-electron chi connectivity index (χ1n) is 6.87. The maximum absolute atomic E-state index is 10.1. The van der Waals surface area contributed by atoms with E-state index in [-0.39, 0.29) is 0 Å². The molecule has 0 aliphatic carbocycles. The number of halogens is 1. The topological polar surface area (TPSA) is 38.7 Å². The van der Waals surface area contributed by atoms with E-state index in [9.17, 15) is 5.11 Å². The quantitative estimate of drug-likeness (QED) is 0.824. The first-order valence-corrected chi connectivity index (χ1v) is 7.66. The third-order valence-electron chi connectivity index (χ3n) is 3.15. The summed E-state index contributed by atoms with van der Waals surface area (Å²) in [5.41, 5.74) is 1.06. The standard InChI is InChI=1S/C17H19BrO3/c1-20-17-8-7-13(12-16(17)18)11-14(19)9-10-21-15-5-3-2-4-6-15/h2-8,12,14,19H,9-11H2,1H3. The first kappa shape index (κ1) is 15.9. The Morgan fingerprint density at radius 3 is 2.57 bits per heavy atom. The Kier molecular flexibility index (Phi) is 6.08. The maximum atomic E-state index is 10.1. The lowest BCUT2D eigenvalue weighted by Gasteiger charge is -2.13. The van der Waals surface area contributed by atoms with Crippen molar-refractivity contribution in [3.8, 4) is 11.5 Å². The maximum Gasteiger partial charge on any atom is 0.133 e. The van der Waals surface area contributed by atoms with Crippen LogP contribution in [-0.2, 0) is 6.42 Å². The molecule has 1 N–H and O–H groups in total. The van der Waals surface area contributed by atoms with Gasteiger partial charge in [-0.25, -0.2) is 0 Å². The van der Waals surface area contributed by atoms with Crippen LogP contribution in [-0.4, -0.2) is 24.9 Å². The summed E-state index contributed by atoms with van der Waals surface area (Å²) < 4.78 is 11.7. The van der Waals surface area contributed by atoms with Crippen LogP contribution in [0, 0.1) is 0 Å². The van der Waals surface area contributed by atoms with Gasteiger partial charge in [0.2, 0.25) is 0 Å². The van der Waals surface area contributed by atoms with Crippen LogP contribution in [0.2, 0.25) is 0 Å². The first-order chi connectivity index (χ1) is 10.2. The van der Waals surface area contributed by atoms with Crippen LogP contribution in [0.1, 0.15) is 12.0 Å². The van der Waals surface area contributed by atoms with Crippen molar-refractivity contribution in [3.05, 3.63) is 58.6 Å². The van der Waals surface area contributed by atoms with Crippen molar-refractivity contribution in [1.82, 2.24) is 0 Å². The number of para-hydroxylation sites is 1. The van der Waals surface area contributed by atoms with Gasteiger partial charge in [0, 0.05) is 6.42 Å². The molecule has 0 saturated heterocycles. The highest BCUT2D eigenvalue weighted by molar-refractivity contribution is 9.10. The van der Waals surface area contributed by atoms with Gasteiger partial charge in [0.25, 0.3) is 0 Å². The number of aliphatic hydroxyl groups is 1. The van der Waals surface area contributed by atoms with E-state index in [4.69, 9.17) is 9.47 Å². The smallest absolute Gasteiger partial charge is 0.133 e. The van der Waals surface area contributed by atoms with E-state index in [2.05, 4.69) is 15.9 Å². The molecule has 1 unspecified atom stereocenters. The van der Waals surface area contributed by atoms with Crippen LogP contribution in [0.5, 0.6) is 11.5 Å². The molecule has 0 saturated carbocycles. The van der Waals surface area contributed by atoms with Gasteiger partial charge in [-0.15, -0.1) is 0 Å². The van der Waals surface area contributed by atoms with Crippen molar-refractivity contribution in [3.63, 3.8) is 0 Å². The highest BCUT2D eigenvalue weighted by Gasteiger charge is 2.08. The number of rotatable bonds is 7. The van der Waals surface area contributed by atoms with Gasteiger partial charge >= 0.3 is 0 Å². The van der Waals surface area contributed by atoms with E-state index in [1.165, 1.54) is 0 Å². The van der Waals surface area contributed by atoms with Crippen LogP contribution >= 0.6 is 15.9 Å². The predicted octanol–water partition coefficient (Wildman–Crippen LogP) is 3.83. The zero-order valence-electron chi connectivity index (χ0n) is 12.0. The molecule has 21 heavy (non-hydrogen) atoms. The molecule has 0 aliphatic rings. The van der Waals surface area contributed by atoms with Crippen LogP contribution in [0.15, 0.2) is 53.0 Å². The fourth-order valence-electron chi connectivity index (χ4n) is 2.04. The van der Waals surface area contributed by atoms with Gasteiger partial charge in [0.15, 0.2) is 0 Å². The van der Waals surface area contributed by atoms with E-state index >= 15 is 0 Å². The van der Waals surface area contributed by atoms with Gasteiger partial charge in [-0.05, 0) is 52.2 Å². The molecule has 112 valence electrons. The molecule has 0 bridgehead atoms. The summed E-state index contributed by atoms with van der Waals surface area (Å²) in [5.74, 6) is 1.62. The zero-order chi connectivity index (χ0) is 15.1. The lowest BCUT2D eigenvalue weighted by Crippen LogP contribution is -2.14. The molecular formula is C17H19BrO3. The van der Waals surface area contributed by atoms with Crippen molar-refractivity contribution in [2.24, 2.45) is 0 Å². The van der Waals surface area contributed by atoms with Gasteiger partial charge in [-0.3, -0.25) is 0 Å². The molecule has 2 aromatic rings. The van der Waals surface area contributed by atoms with E-state index in [1.54, 1.807) is 7.11 Å². The minimum absolute atomic E-state index is 0.422. The van der Waals surface area contributed by atoms with Gasteiger partial charge in [-0.1, -0.05) is 24.3 Å². The molecule has 2 rings (SSSR count). The Labute approximate surface area is 133 Å². The number of benzene rings is 2. The molecule has 0 aromatic heterocycles. The minimum Gasteiger partial charge on any atom is -0.496 e. The molecule has 0 fully saturated rings. The van der Waals surface area contributed by atoms with E-state index in [0.29, 0.717) is 19.4 Å². The molecule has 4 heteroatoms. The molecule has 0 spiro atoms. The Morgan fingerprint density at radius 1 is 1.14 bits per heavy atom. The van der Waals surface area contributed by atoms with Gasteiger partial charge < -0.3 is 14.6 Å². The fourth-order valence-corrected chi connectivity index (χ4v) is 2.63. The predicted molar refractivity (Wildman–Crippen MR) is 87.0 cm³/mol. The molecule has 0 amide bonds. The van der Waals surface area contributed by atoms with Crippen molar-refractivity contribution in [1.29, 1.82) is 0 Å². The average molecular weight is 351 g/mol. The van der Waals surface area contributed by atoms with Crippen LogP contribution in [0.3, 0.4) is 0 Å². The summed E-state index contributed by atoms with van der Waals surface area (Å²) in [7, 11) is 1.63. The number of ether oxygens (including phenoxy) is 2.